The Kier molecular flexibility index (Phi) is 3.35. The van der Waals surface area contributed by atoms with Crippen LogP contribution in [0.3, 0.4) is 0 Å². The average Bonchev–Trinajstić information content (AvgIpc) is 2.30. The van der Waals surface area contributed by atoms with Crippen LogP contribution in [-0.4, -0.2) is 18.1 Å². The fraction of sp³-hybridized carbons (Fsp3) is 0. The molecule has 1 heterocycles. The Labute approximate surface area is 96.4 Å². The van der Waals surface area contributed by atoms with Gasteiger partial charge in [-0.05, 0) is 0 Å². The Bertz CT molecular complexity index is 417. The van der Waals surface area contributed by atoms with Gasteiger partial charge in [0.15, 0.2) is 0 Å². The van der Waals surface area contributed by atoms with Gasteiger partial charge in [0, 0.05) is 0 Å². The van der Waals surface area contributed by atoms with E-state index in [1.807, 2.05) is 30.5 Å². The van der Waals surface area contributed by atoms with Gasteiger partial charge in [-0.25, -0.2) is 0 Å². The molecule has 70 valence electrons. The minimum atomic E-state index is 0.334. The summed E-state index contributed by atoms with van der Waals surface area (Å²) in [7, 11) is 0. The van der Waals surface area contributed by atoms with Crippen molar-refractivity contribution in [2.75, 3.05) is 0 Å². The molecule has 2 rings (SSSR count). The van der Waals surface area contributed by atoms with E-state index < -0.39 is 0 Å². The van der Waals surface area contributed by atoms with Crippen LogP contribution in [0.5, 0.6) is 0 Å². The number of nitrogens with zero attached hydrogens (tertiary/aromatic N) is 1. The van der Waals surface area contributed by atoms with Crippen LogP contribution in [0.25, 0.3) is 11.3 Å². The summed E-state index contributed by atoms with van der Waals surface area (Å²) < 4.78 is 1.33. The van der Waals surface area contributed by atoms with E-state index in [9.17, 15) is 0 Å². The van der Waals surface area contributed by atoms with E-state index in [1.54, 1.807) is 0 Å². The normalized spacial score (nSPS) is 10.1. The second-order valence-corrected chi connectivity index (χ2v) is 5.72. The summed E-state index contributed by atoms with van der Waals surface area (Å²) in [4.78, 5) is 4.35. The summed E-state index contributed by atoms with van der Waals surface area (Å²) in [5, 5.41) is 0. The van der Waals surface area contributed by atoms with Crippen molar-refractivity contribution < 1.29 is 0 Å². The van der Waals surface area contributed by atoms with Gasteiger partial charge >= 0.3 is 96.6 Å². The topological polar surface area (TPSA) is 12.9 Å². The molecule has 2 aromatic rings. The fourth-order valence-electron chi connectivity index (χ4n) is 1.27. The maximum absolute atomic E-state index is 4.35. The molecule has 0 saturated heterocycles. The molecule has 0 atom stereocenters. The van der Waals surface area contributed by atoms with Crippen molar-refractivity contribution >= 4 is 31.7 Å². The molecule has 0 spiro atoms. The van der Waals surface area contributed by atoms with Gasteiger partial charge in [0.1, 0.15) is 0 Å². The van der Waals surface area contributed by atoms with E-state index in [0.717, 1.165) is 5.69 Å². The van der Waals surface area contributed by atoms with Crippen LogP contribution in [-0.2, 0) is 0 Å². The predicted molar refractivity (Wildman–Crippen MR) is 64.0 cm³/mol. The van der Waals surface area contributed by atoms with Crippen LogP contribution in [0.4, 0.5) is 0 Å². The minimum absolute atomic E-state index is 0.334. The van der Waals surface area contributed by atoms with Crippen LogP contribution < -0.4 is 4.46 Å². The zero-order valence-corrected chi connectivity index (χ0v) is 10.7. The van der Waals surface area contributed by atoms with E-state index in [0.29, 0.717) is 13.1 Å². The van der Waals surface area contributed by atoms with Crippen molar-refractivity contribution in [3.05, 3.63) is 48.7 Å². The van der Waals surface area contributed by atoms with Crippen molar-refractivity contribution in [1.29, 1.82) is 0 Å². The number of hydrogen-bond donors (Lipinski definition) is 0. The molecule has 0 aliphatic heterocycles. The Balaban J connectivity index is 2.51. The monoisotopic (exact) mass is 313 g/mol. The molecule has 14 heavy (non-hydrogen) atoms. The molecule has 0 fully saturated rings. The molecule has 1 aromatic heterocycles. The fourth-order valence-corrected chi connectivity index (χ4v) is 3.54. The molecule has 0 amide bonds. The molecular formula is C11H8BrNSe. The summed E-state index contributed by atoms with van der Waals surface area (Å²) in [6, 6.07) is 14.3. The molecule has 0 bridgehead atoms. The third kappa shape index (κ3) is 2.06. The number of halogens is 1. The first-order chi connectivity index (χ1) is 6.92. The van der Waals surface area contributed by atoms with E-state index in [4.69, 9.17) is 0 Å². The molecule has 0 unspecified atom stereocenters. The number of rotatable bonds is 2. The second-order valence-electron chi connectivity index (χ2n) is 2.79. The SMILES string of the molecule is Br[Se]c1ccccc1-c1ccccn1. The standard InChI is InChI=1S/C11H8BrNSe/c12-14-11-7-2-1-5-9(11)10-6-3-4-8-13-10/h1-8H. The molecule has 3 heteroatoms. The number of pyridine rings is 1. The van der Waals surface area contributed by atoms with E-state index in [2.05, 4.69) is 37.3 Å². The van der Waals surface area contributed by atoms with Crippen LogP contribution in [0.1, 0.15) is 0 Å². The molecule has 1 nitrogen and oxygen atoms in total. The summed E-state index contributed by atoms with van der Waals surface area (Å²) >= 11 is 3.87. The van der Waals surface area contributed by atoms with Crippen molar-refractivity contribution in [3.63, 3.8) is 0 Å². The van der Waals surface area contributed by atoms with Crippen LogP contribution in [0.2, 0.25) is 0 Å². The van der Waals surface area contributed by atoms with Crippen LogP contribution in [0, 0.1) is 0 Å². The van der Waals surface area contributed by atoms with Crippen molar-refractivity contribution in [2.24, 2.45) is 0 Å². The molecule has 1 aromatic carbocycles. The first-order valence-electron chi connectivity index (χ1n) is 4.21. The molecule has 0 N–H and O–H groups in total. The van der Waals surface area contributed by atoms with Crippen LogP contribution >= 0.6 is 14.1 Å². The Morgan fingerprint density at radius 2 is 1.79 bits per heavy atom. The first-order valence-corrected chi connectivity index (χ1v) is 9.07. The predicted octanol–water partition coefficient (Wildman–Crippen LogP) is 2.39. The third-order valence-corrected chi connectivity index (χ3v) is 4.82. The molecular weight excluding hydrogens is 305 g/mol. The summed E-state index contributed by atoms with van der Waals surface area (Å²) in [6.07, 6.45) is 1.83. The number of benzene rings is 1. The molecule has 0 saturated carbocycles. The number of aromatic nitrogens is 1. The second kappa shape index (κ2) is 4.74. The maximum atomic E-state index is 4.35. The Hall–Kier alpha value is -0.631. The first kappa shape index (κ1) is 9.91. The quantitative estimate of drug-likeness (QED) is 0.776. The van der Waals surface area contributed by atoms with Gasteiger partial charge in [-0.2, -0.15) is 0 Å². The van der Waals surface area contributed by atoms with Crippen molar-refractivity contribution in [1.82, 2.24) is 4.98 Å². The zero-order valence-electron chi connectivity index (χ0n) is 7.35. The van der Waals surface area contributed by atoms with Crippen LogP contribution in [0.15, 0.2) is 48.7 Å². The molecule has 0 radical (unpaired) electrons. The van der Waals surface area contributed by atoms with Gasteiger partial charge in [0.2, 0.25) is 0 Å². The average molecular weight is 313 g/mol. The van der Waals surface area contributed by atoms with Gasteiger partial charge in [0.25, 0.3) is 0 Å². The van der Waals surface area contributed by atoms with Gasteiger partial charge in [-0.1, -0.05) is 0 Å². The van der Waals surface area contributed by atoms with E-state index >= 15 is 0 Å². The third-order valence-electron chi connectivity index (χ3n) is 1.91. The van der Waals surface area contributed by atoms with Crippen molar-refractivity contribution in [2.45, 2.75) is 0 Å². The van der Waals surface area contributed by atoms with Gasteiger partial charge in [-0.15, -0.1) is 0 Å². The van der Waals surface area contributed by atoms with Crippen molar-refractivity contribution in [3.8, 4) is 11.3 Å². The summed E-state index contributed by atoms with van der Waals surface area (Å²) in [5.74, 6) is 0. The number of hydrogen-bond acceptors (Lipinski definition) is 1. The van der Waals surface area contributed by atoms with Gasteiger partial charge < -0.3 is 0 Å². The molecule has 0 aliphatic carbocycles. The summed E-state index contributed by atoms with van der Waals surface area (Å²) in [5.41, 5.74) is 2.27. The Morgan fingerprint density at radius 1 is 1.00 bits per heavy atom. The van der Waals surface area contributed by atoms with Gasteiger partial charge in [-0.3, -0.25) is 0 Å². The Morgan fingerprint density at radius 3 is 2.50 bits per heavy atom. The van der Waals surface area contributed by atoms with E-state index in [1.165, 1.54) is 10.0 Å². The van der Waals surface area contributed by atoms with Gasteiger partial charge in [0.05, 0.1) is 0 Å². The molecule has 0 aliphatic rings. The summed E-state index contributed by atoms with van der Waals surface area (Å²) in [6.45, 7) is 0. The zero-order chi connectivity index (χ0) is 9.80. The van der Waals surface area contributed by atoms with E-state index in [-0.39, 0.29) is 0 Å².